The predicted molar refractivity (Wildman–Crippen MR) is 84.4 cm³/mol. The van der Waals surface area contributed by atoms with Crippen LogP contribution in [-0.4, -0.2) is 9.91 Å². The third-order valence-corrected chi connectivity index (χ3v) is 3.58. The molecule has 21 heavy (non-hydrogen) atoms. The molecule has 0 saturated heterocycles. The lowest BCUT2D eigenvalue weighted by Gasteiger charge is -2.16. The minimum Gasteiger partial charge on any atom is -0.358 e. The number of pyridine rings is 1. The highest BCUT2D eigenvalue weighted by atomic mass is 35.5. The van der Waals surface area contributed by atoms with E-state index in [0.29, 0.717) is 10.0 Å². The second-order valence-electron chi connectivity index (χ2n) is 4.31. The molecule has 1 atom stereocenters. The highest BCUT2D eigenvalue weighted by molar-refractivity contribution is 6.35. The van der Waals surface area contributed by atoms with Gasteiger partial charge in [-0.3, -0.25) is 10.1 Å². The zero-order chi connectivity index (χ0) is 15.6. The fourth-order valence-electron chi connectivity index (χ4n) is 1.81. The Balaban J connectivity index is 2.31. The summed E-state index contributed by atoms with van der Waals surface area (Å²) in [6.07, 6.45) is 1.34. The van der Waals surface area contributed by atoms with E-state index in [1.54, 1.807) is 18.2 Å². The monoisotopic (exact) mass is 345 g/mol. The van der Waals surface area contributed by atoms with E-state index in [9.17, 15) is 10.1 Å². The van der Waals surface area contributed by atoms with Crippen molar-refractivity contribution in [2.45, 2.75) is 13.0 Å². The van der Waals surface area contributed by atoms with Crippen molar-refractivity contribution in [2.24, 2.45) is 0 Å². The molecule has 1 aromatic heterocycles. The first-order chi connectivity index (χ1) is 9.88. The van der Waals surface area contributed by atoms with Gasteiger partial charge in [-0.05, 0) is 24.6 Å². The Bertz CT molecular complexity index is 694. The molecule has 0 spiro atoms. The molecule has 8 heteroatoms. The smallest absolute Gasteiger partial charge is 0.312 e. The molecule has 0 aliphatic carbocycles. The molecule has 1 unspecified atom stereocenters. The van der Waals surface area contributed by atoms with Gasteiger partial charge in [-0.2, -0.15) is 0 Å². The first-order valence-corrected chi connectivity index (χ1v) is 7.03. The molecular formula is C13H10Cl3N3O2. The van der Waals surface area contributed by atoms with Crippen LogP contribution < -0.4 is 5.32 Å². The summed E-state index contributed by atoms with van der Waals surface area (Å²) in [5, 5.41) is 15.2. The van der Waals surface area contributed by atoms with Gasteiger partial charge in [0.05, 0.1) is 16.0 Å². The lowest BCUT2D eigenvalue weighted by molar-refractivity contribution is -0.384. The molecule has 0 fully saturated rings. The molecule has 5 nitrogen and oxygen atoms in total. The highest BCUT2D eigenvalue weighted by Gasteiger charge is 2.19. The Labute approximate surface area is 136 Å². The number of halogens is 3. The molecular weight excluding hydrogens is 337 g/mol. The van der Waals surface area contributed by atoms with Crippen LogP contribution in [0.25, 0.3) is 0 Å². The van der Waals surface area contributed by atoms with Crippen LogP contribution in [0, 0.1) is 10.1 Å². The summed E-state index contributed by atoms with van der Waals surface area (Å²) in [6.45, 7) is 1.81. The van der Waals surface area contributed by atoms with Crippen LogP contribution in [0.15, 0.2) is 30.5 Å². The van der Waals surface area contributed by atoms with Gasteiger partial charge in [-0.15, -0.1) is 0 Å². The topological polar surface area (TPSA) is 68.1 Å². The molecule has 2 aromatic rings. The van der Waals surface area contributed by atoms with Crippen molar-refractivity contribution in [3.05, 3.63) is 61.2 Å². The number of hydrogen-bond donors (Lipinski definition) is 1. The van der Waals surface area contributed by atoms with E-state index in [2.05, 4.69) is 10.3 Å². The molecule has 0 amide bonds. The van der Waals surface area contributed by atoms with E-state index in [1.807, 2.05) is 6.92 Å². The number of nitrogens with one attached hydrogen (secondary N) is 1. The van der Waals surface area contributed by atoms with Gasteiger partial charge in [0.2, 0.25) is 5.82 Å². The second-order valence-corrected chi connectivity index (χ2v) is 5.59. The predicted octanol–water partition coefficient (Wildman–Crippen LogP) is 5.12. The van der Waals surface area contributed by atoms with Gasteiger partial charge in [0.1, 0.15) is 0 Å². The largest absolute Gasteiger partial charge is 0.358 e. The summed E-state index contributed by atoms with van der Waals surface area (Å²) < 4.78 is 0. The lowest BCUT2D eigenvalue weighted by atomic mass is 10.1. The number of nitrogens with zero attached hydrogens (tertiary/aromatic N) is 2. The van der Waals surface area contributed by atoms with Crippen LogP contribution in [0.4, 0.5) is 11.5 Å². The van der Waals surface area contributed by atoms with Gasteiger partial charge in [0.25, 0.3) is 0 Å². The fraction of sp³-hybridized carbons (Fsp3) is 0.154. The van der Waals surface area contributed by atoms with Gasteiger partial charge in [-0.1, -0.05) is 40.9 Å². The SMILES string of the molecule is CC(Nc1ncc(Cl)cc1[N+](=O)[O-])c1ccc(Cl)cc1Cl. The average molecular weight is 347 g/mol. The molecule has 0 aliphatic rings. The quantitative estimate of drug-likeness (QED) is 0.616. The maximum atomic E-state index is 11.0. The molecule has 0 radical (unpaired) electrons. The standard InChI is InChI=1S/C13H10Cl3N3O2/c1-7(10-3-2-8(14)4-11(10)16)18-13-12(19(20)21)5-9(15)6-17-13/h2-7H,1H3,(H,17,18). The number of benzene rings is 1. The van der Waals surface area contributed by atoms with E-state index >= 15 is 0 Å². The second kappa shape index (κ2) is 6.47. The third kappa shape index (κ3) is 3.75. The van der Waals surface area contributed by atoms with Crippen LogP contribution in [0.2, 0.25) is 15.1 Å². The summed E-state index contributed by atoms with van der Waals surface area (Å²) in [4.78, 5) is 14.4. The minimum absolute atomic E-state index is 0.128. The molecule has 110 valence electrons. The van der Waals surface area contributed by atoms with E-state index in [0.717, 1.165) is 5.56 Å². The molecule has 2 rings (SSSR count). The van der Waals surface area contributed by atoms with Crippen LogP contribution >= 0.6 is 34.8 Å². The Morgan fingerprint density at radius 2 is 1.95 bits per heavy atom. The Kier molecular flexibility index (Phi) is 4.88. The molecule has 0 saturated carbocycles. The van der Waals surface area contributed by atoms with E-state index in [1.165, 1.54) is 12.3 Å². The summed E-state index contributed by atoms with van der Waals surface area (Å²) in [7, 11) is 0. The van der Waals surface area contributed by atoms with Gasteiger partial charge in [-0.25, -0.2) is 4.98 Å². The molecule has 0 bridgehead atoms. The first-order valence-electron chi connectivity index (χ1n) is 5.90. The molecule has 1 aromatic carbocycles. The van der Waals surface area contributed by atoms with E-state index in [-0.39, 0.29) is 22.6 Å². The maximum absolute atomic E-state index is 11.0. The molecule has 1 heterocycles. The van der Waals surface area contributed by atoms with Crippen LogP contribution in [0.1, 0.15) is 18.5 Å². The van der Waals surface area contributed by atoms with Crippen molar-refractivity contribution in [3.8, 4) is 0 Å². The number of nitro groups is 1. The fourth-order valence-corrected chi connectivity index (χ4v) is 2.54. The van der Waals surface area contributed by atoms with Gasteiger partial charge in [0.15, 0.2) is 0 Å². The maximum Gasteiger partial charge on any atom is 0.312 e. The Morgan fingerprint density at radius 1 is 1.24 bits per heavy atom. The van der Waals surface area contributed by atoms with Crippen LogP contribution in [0.3, 0.4) is 0 Å². The number of rotatable bonds is 4. The van der Waals surface area contributed by atoms with Gasteiger partial charge < -0.3 is 5.32 Å². The third-order valence-electron chi connectivity index (χ3n) is 2.81. The highest BCUT2D eigenvalue weighted by Crippen LogP contribution is 2.31. The van der Waals surface area contributed by atoms with Crippen LogP contribution in [-0.2, 0) is 0 Å². The number of aromatic nitrogens is 1. The Morgan fingerprint density at radius 3 is 2.57 bits per heavy atom. The molecule has 1 N–H and O–H groups in total. The summed E-state index contributed by atoms with van der Waals surface area (Å²) in [6, 6.07) is 6.02. The zero-order valence-corrected chi connectivity index (χ0v) is 13.1. The van der Waals surface area contributed by atoms with Crippen molar-refractivity contribution in [1.29, 1.82) is 0 Å². The first kappa shape index (κ1) is 15.8. The van der Waals surface area contributed by atoms with E-state index in [4.69, 9.17) is 34.8 Å². The van der Waals surface area contributed by atoms with Crippen molar-refractivity contribution in [1.82, 2.24) is 4.98 Å². The number of hydrogen-bond acceptors (Lipinski definition) is 4. The zero-order valence-electron chi connectivity index (χ0n) is 10.8. The lowest BCUT2D eigenvalue weighted by Crippen LogP contribution is -2.10. The van der Waals surface area contributed by atoms with E-state index < -0.39 is 4.92 Å². The number of anilines is 1. The Hall–Kier alpha value is -1.56. The average Bonchev–Trinajstić information content (AvgIpc) is 2.40. The summed E-state index contributed by atoms with van der Waals surface area (Å²) in [5.74, 6) is 0.128. The summed E-state index contributed by atoms with van der Waals surface area (Å²) in [5.41, 5.74) is 0.562. The van der Waals surface area contributed by atoms with Crippen molar-refractivity contribution in [3.63, 3.8) is 0 Å². The van der Waals surface area contributed by atoms with Gasteiger partial charge in [0, 0.05) is 22.3 Å². The van der Waals surface area contributed by atoms with Gasteiger partial charge >= 0.3 is 5.69 Å². The normalized spacial score (nSPS) is 12.0. The van der Waals surface area contributed by atoms with Crippen molar-refractivity contribution >= 4 is 46.3 Å². The van der Waals surface area contributed by atoms with Crippen LogP contribution in [0.5, 0.6) is 0 Å². The summed E-state index contributed by atoms with van der Waals surface area (Å²) >= 11 is 17.7. The van der Waals surface area contributed by atoms with Crippen molar-refractivity contribution < 1.29 is 4.92 Å². The minimum atomic E-state index is -0.544. The van der Waals surface area contributed by atoms with Crippen molar-refractivity contribution in [2.75, 3.05) is 5.32 Å². The molecule has 0 aliphatic heterocycles.